The van der Waals surface area contributed by atoms with Crippen LogP contribution < -0.4 is 4.90 Å². The second-order valence-corrected chi connectivity index (χ2v) is 13.9. The van der Waals surface area contributed by atoms with E-state index in [0.717, 1.165) is 17.1 Å². The van der Waals surface area contributed by atoms with E-state index in [1.807, 2.05) is 24.3 Å². The standard InChI is InChI=1S/C50H30N2/c51-31-32-13-12-16-36(27-32)52(35-14-2-1-3-15-35)37-26-25-33-29-44-47(30-34(33)28-37)50(45-23-10-8-19-40(45)41-20-9-11-24-46(41)50)49-43-22-7-5-18-39(43)38-17-4-6-21-42(38)48(44)49/h1-30H. The molecule has 0 fully saturated rings. The van der Waals surface area contributed by atoms with Crippen LogP contribution in [0.3, 0.4) is 0 Å². The fourth-order valence-electron chi connectivity index (χ4n) is 9.42. The molecule has 1 spiro atoms. The summed E-state index contributed by atoms with van der Waals surface area (Å²) in [5.74, 6) is 0. The number of rotatable bonds is 3. The fourth-order valence-corrected chi connectivity index (χ4v) is 9.42. The van der Waals surface area contributed by atoms with Crippen LogP contribution in [0.2, 0.25) is 0 Å². The maximum absolute atomic E-state index is 9.79. The van der Waals surface area contributed by atoms with Crippen molar-refractivity contribution in [3.8, 4) is 28.3 Å². The Labute approximate surface area is 302 Å². The fraction of sp³-hybridized carbons (Fsp3) is 0.0200. The molecular formula is C50H30N2. The van der Waals surface area contributed by atoms with Gasteiger partial charge in [-0.15, -0.1) is 0 Å². The molecule has 0 saturated carbocycles. The van der Waals surface area contributed by atoms with Gasteiger partial charge in [0.05, 0.1) is 17.0 Å². The highest BCUT2D eigenvalue weighted by Gasteiger charge is 2.53. The zero-order chi connectivity index (χ0) is 34.4. The molecular weight excluding hydrogens is 629 g/mol. The van der Waals surface area contributed by atoms with Crippen molar-refractivity contribution < 1.29 is 0 Å². The molecule has 0 N–H and O–H groups in total. The van der Waals surface area contributed by atoms with Crippen molar-refractivity contribution in [1.82, 2.24) is 0 Å². The Morgan fingerprint density at radius 3 is 1.73 bits per heavy atom. The second kappa shape index (κ2) is 10.8. The van der Waals surface area contributed by atoms with Crippen LogP contribution in [-0.2, 0) is 5.41 Å². The lowest BCUT2D eigenvalue weighted by atomic mass is 9.69. The maximum atomic E-state index is 9.79. The van der Waals surface area contributed by atoms with E-state index in [9.17, 15) is 5.26 Å². The van der Waals surface area contributed by atoms with Gasteiger partial charge in [-0.25, -0.2) is 0 Å². The number of nitriles is 1. The number of fused-ring (bicyclic) bond motifs is 16. The Kier molecular flexibility index (Phi) is 5.98. The van der Waals surface area contributed by atoms with E-state index in [4.69, 9.17) is 0 Å². The van der Waals surface area contributed by atoms with Gasteiger partial charge in [-0.3, -0.25) is 0 Å². The second-order valence-electron chi connectivity index (χ2n) is 13.9. The molecule has 0 aromatic heterocycles. The maximum Gasteiger partial charge on any atom is 0.0992 e. The van der Waals surface area contributed by atoms with Crippen molar-refractivity contribution in [2.75, 3.05) is 4.90 Å². The first-order valence-electron chi connectivity index (χ1n) is 17.8. The van der Waals surface area contributed by atoms with Crippen molar-refractivity contribution in [2.45, 2.75) is 5.41 Å². The largest absolute Gasteiger partial charge is 0.310 e. The summed E-state index contributed by atoms with van der Waals surface area (Å²) in [5.41, 5.74) is 13.8. The van der Waals surface area contributed by atoms with Gasteiger partial charge in [0.25, 0.3) is 0 Å². The molecule has 0 atom stereocenters. The Balaban J connectivity index is 1.27. The van der Waals surface area contributed by atoms with Gasteiger partial charge < -0.3 is 4.90 Å². The molecule has 9 aromatic rings. The van der Waals surface area contributed by atoms with Crippen molar-refractivity contribution in [1.29, 1.82) is 5.26 Å². The number of hydrogen-bond acceptors (Lipinski definition) is 2. The van der Waals surface area contributed by atoms with Gasteiger partial charge in [0.15, 0.2) is 0 Å². The summed E-state index contributed by atoms with van der Waals surface area (Å²) in [7, 11) is 0. The minimum absolute atomic E-state index is 0.494. The Morgan fingerprint density at radius 1 is 0.404 bits per heavy atom. The van der Waals surface area contributed by atoms with Crippen molar-refractivity contribution in [3.63, 3.8) is 0 Å². The van der Waals surface area contributed by atoms with E-state index in [0.29, 0.717) is 5.56 Å². The summed E-state index contributed by atoms with van der Waals surface area (Å²) >= 11 is 0. The van der Waals surface area contributed by atoms with Crippen molar-refractivity contribution >= 4 is 49.4 Å². The first-order chi connectivity index (χ1) is 25.8. The van der Waals surface area contributed by atoms with Gasteiger partial charge in [-0.1, -0.05) is 127 Å². The van der Waals surface area contributed by atoms with Gasteiger partial charge in [0.1, 0.15) is 0 Å². The normalized spacial score (nSPS) is 13.1. The molecule has 11 rings (SSSR count). The SMILES string of the molecule is N#Cc1cccc(N(c2ccccc2)c2ccc3cc4c(cc3c2)C2(c3ccccc3-c3ccccc32)c2c-4c3ccccc3c3ccccc23)c1. The van der Waals surface area contributed by atoms with E-state index < -0.39 is 5.41 Å². The van der Waals surface area contributed by atoms with Gasteiger partial charge in [-0.2, -0.15) is 5.26 Å². The summed E-state index contributed by atoms with van der Waals surface area (Å²) in [6.45, 7) is 0. The zero-order valence-corrected chi connectivity index (χ0v) is 28.2. The van der Waals surface area contributed by atoms with Crippen LogP contribution in [0.25, 0.3) is 54.6 Å². The average molecular weight is 659 g/mol. The van der Waals surface area contributed by atoms with E-state index >= 15 is 0 Å². The summed E-state index contributed by atoms with van der Waals surface area (Å²) in [4.78, 5) is 2.25. The third-order valence-corrected chi connectivity index (χ3v) is 11.4. The predicted octanol–water partition coefficient (Wildman–Crippen LogP) is 12.8. The number of benzene rings is 9. The highest BCUT2D eigenvalue weighted by Crippen LogP contribution is 2.65. The number of nitrogens with zero attached hydrogens (tertiary/aromatic N) is 2. The first-order valence-corrected chi connectivity index (χ1v) is 17.8. The molecule has 2 aliphatic carbocycles. The third-order valence-electron chi connectivity index (χ3n) is 11.4. The minimum atomic E-state index is -0.494. The minimum Gasteiger partial charge on any atom is -0.310 e. The highest BCUT2D eigenvalue weighted by atomic mass is 15.1. The summed E-state index contributed by atoms with van der Waals surface area (Å²) < 4.78 is 0. The smallest absolute Gasteiger partial charge is 0.0992 e. The van der Waals surface area contributed by atoms with Crippen LogP contribution in [-0.4, -0.2) is 0 Å². The molecule has 2 heteroatoms. The monoisotopic (exact) mass is 658 g/mol. The third kappa shape index (κ3) is 3.77. The molecule has 0 amide bonds. The lowest BCUT2D eigenvalue weighted by molar-refractivity contribution is 0.803. The summed E-state index contributed by atoms with van der Waals surface area (Å²) in [6.07, 6.45) is 0. The number of anilines is 3. The van der Waals surface area contributed by atoms with E-state index in [1.165, 1.54) is 76.8 Å². The van der Waals surface area contributed by atoms with Crippen LogP contribution in [0.1, 0.15) is 27.8 Å². The molecule has 9 aromatic carbocycles. The van der Waals surface area contributed by atoms with E-state index in [2.05, 4.69) is 169 Å². The number of hydrogen-bond donors (Lipinski definition) is 0. The molecule has 0 bridgehead atoms. The molecule has 0 unspecified atom stereocenters. The topological polar surface area (TPSA) is 27.0 Å². The Bertz CT molecular complexity index is 2940. The van der Waals surface area contributed by atoms with Crippen LogP contribution in [0.4, 0.5) is 17.1 Å². The summed E-state index contributed by atoms with van der Waals surface area (Å²) in [5, 5.41) is 17.3. The van der Waals surface area contributed by atoms with Crippen LogP contribution >= 0.6 is 0 Å². The quantitative estimate of drug-likeness (QED) is 0.177. The lowest BCUT2D eigenvalue weighted by Gasteiger charge is -2.32. The average Bonchev–Trinajstić information content (AvgIpc) is 3.68. The van der Waals surface area contributed by atoms with E-state index in [1.54, 1.807) is 0 Å². The van der Waals surface area contributed by atoms with Gasteiger partial charge in [-0.05, 0) is 131 Å². The summed E-state index contributed by atoms with van der Waals surface area (Å²) in [6, 6.07) is 68.4. The van der Waals surface area contributed by atoms with Gasteiger partial charge in [0.2, 0.25) is 0 Å². The van der Waals surface area contributed by atoms with Crippen LogP contribution in [0.5, 0.6) is 0 Å². The van der Waals surface area contributed by atoms with E-state index in [-0.39, 0.29) is 0 Å². The lowest BCUT2D eigenvalue weighted by Crippen LogP contribution is -2.26. The zero-order valence-electron chi connectivity index (χ0n) is 28.2. The molecule has 52 heavy (non-hydrogen) atoms. The molecule has 240 valence electrons. The molecule has 2 nitrogen and oxygen atoms in total. The molecule has 2 aliphatic rings. The molecule has 0 aliphatic heterocycles. The Hall–Kier alpha value is -6.95. The van der Waals surface area contributed by atoms with Crippen LogP contribution in [0.15, 0.2) is 182 Å². The Morgan fingerprint density at radius 2 is 1.00 bits per heavy atom. The van der Waals surface area contributed by atoms with Gasteiger partial charge in [0, 0.05) is 17.1 Å². The predicted molar refractivity (Wildman–Crippen MR) is 215 cm³/mol. The first kappa shape index (κ1) is 28.8. The van der Waals surface area contributed by atoms with Crippen LogP contribution in [0, 0.1) is 11.3 Å². The van der Waals surface area contributed by atoms with Crippen molar-refractivity contribution in [2.24, 2.45) is 0 Å². The number of para-hydroxylation sites is 1. The molecule has 0 radical (unpaired) electrons. The highest BCUT2D eigenvalue weighted by molar-refractivity contribution is 6.20. The molecule has 0 heterocycles. The van der Waals surface area contributed by atoms with Crippen molar-refractivity contribution in [3.05, 3.63) is 210 Å². The molecule has 0 saturated heterocycles. The van der Waals surface area contributed by atoms with Gasteiger partial charge >= 0.3 is 0 Å².